The fraction of sp³-hybridized carbons (Fsp3) is 0.818. The number of fused-ring (bicyclic) bond motifs is 3. The molecule has 0 amide bonds. The van der Waals surface area contributed by atoms with Crippen LogP contribution in [0, 0.1) is 17.3 Å². The van der Waals surface area contributed by atoms with Gasteiger partial charge in [-0.3, -0.25) is 4.79 Å². The van der Waals surface area contributed by atoms with Gasteiger partial charge in [-0.1, -0.05) is 12.5 Å². The number of allylic oxidation sites excluding steroid dienone is 2. The van der Waals surface area contributed by atoms with Crippen LogP contribution in [0.15, 0.2) is 11.1 Å². The highest BCUT2D eigenvalue weighted by Gasteiger charge is 2.54. The smallest absolute Gasteiger partial charge is 0.158 e. The average Bonchev–Trinajstić information content (AvgIpc) is 2.81. The van der Waals surface area contributed by atoms with Crippen molar-refractivity contribution in [2.24, 2.45) is 17.3 Å². The molecule has 3 heteroatoms. The zero-order chi connectivity index (χ0) is 18.4. The van der Waals surface area contributed by atoms with E-state index < -0.39 is 0 Å². The van der Waals surface area contributed by atoms with E-state index in [2.05, 4.69) is 27.7 Å². The maximum absolute atomic E-state index is 12.5. The SMILES string of the molecule is CC(=O)CCC1=C2CC[C@]3(C)[C@H](CC[C@H]3OC(C)(C)C)[C@H]2CCC1=O. The third kappa shape index (κ3) is 3.63. The first-order valence-corrected chi connectivity index (χ1v) is 10.0. The molecule has 0 N–H and O–H groups in total. The summed E-state index contributed by atoms with van der Waals surface area (Å²) in [5, 5.41) is 0. The topological polar surface area (TPSA) is 43.4 Å². The van der Waals surface area contributed by atoms with Crippen molar-refractivity contribution in [3.8, 4) is 0 Å². The van der Waals surface area contributed by atoms with Crippen LogP contribution in [-0.2, 0) is 14.3 Å². The Kier molecular flexibility index (Phi) is 5.00. The number of Topliss-reactive ketones (excluding diaryl/α,β-unsaturated/α-hetero) is 2. The van der Waals surface area contributed by atoms with Crippen molar-refractivity contribution in [2.75, 3.05) is 0 Å². The lowest BCUT2D eigenvalue weighted by atomic mass is 9.58. The molecule has 25 heavy (non-hydrogen) atoms. The van der Waals surface area contributed by atoms with Gasteiger partial charge in [0.15, 0.2) is 5.78 Å². The fourth-order valence-electron chi connectivity index (χ4n) is 5.66. The summed E-state index contributed by atoms with van der Waals surface area (Å²) in [5.41, 5.74) is 2.53. The minimum atomic E-state index is -0.103. The molecule has 3 nitrogen and oxygen atoms in total. The Morgan fingerprint density at radius 3 is 2.56 bits per heavy atom. The molecule has 2 fully saturated rings. The van der Waals surface area contributed by atoms with Gasteiger partial charge in [-0.2, -0.15) is 0 Å². The number of rotatable bonds is 4. The molecule has 0 bridgehead atoms. The highest BCUT2D eigenvalue weighted by atomic mass is 16.5. The van der Waals surface area contributed by atoms with Crippen LogP contribution in [0.4, 0.5) is 0 Å². The van der Waals surface area contributed by atoms with E-state index >= 15 is 0 Å². The van der Waals surface area contributed by atoms with Crippen LogP contribution in [-0.4, -0.2) is 23.3 Å². The van der Waals surface area contributed by atoms with Crippen molar-refractivity contribution >= 4 is 11.6 Å². The Morgan fingerprint density at radius 2 is 1.92 bits per heavy atom. The van der Waals surface area contributed by atoms with E-state index in [-0.39, 0.29) is 16.8 Å². The summed E-state index contributed by atoms with van der Waals surface area (Å²) in [7, 11) is 0. The van der Waals surface area contributed by atoms with Gasteiger partial charge < -0.3 is 9.53 Å². The van der Waals surface area contributed by atoms with Crippen LogP contribution in [0.2, 0.25) is 0 Å². The van der Waals surface area contributed by atoms with E-state index in [1.807, 2.05) is 0 Å². The highest BCUT2D eigenvalue weighted by molar-refractivity contribution is 5.97. The third-order valence-corrected chi connectivity index (χ3v) is 6.82. The van der Waals surface area contributed by atoms with Crippen LogP contribution in [0.3, 0.4) is 0 Å². The van der Waals surface area contributed by atoms with Crippen LogP contribution < -0.4 is 0 Å². The van der Waals surface area contributed by atoms with Crippen molar-refractivity contribution in [1.29, 1.82) is 0 Å². The lowest BCUT2D eigenvalue weighted by molar-refractivity contribution is -0.122. The molecule has 0 unspecified atom stereocenters. The van der Waals surface area contributed by atoms with Crippen LogP contribution >= 0.6 is 0 Å². The molecule has 140 valence electrons. The monoisotopic (exact) mass is 346 g/mol. The van der Waals surface area contributed by atoms with Crippen LogP contribution in [0.5, 0.6) is 0 Å². The summed E-state index contributed by atoms with van der Waals surface area (Å²) >= 11 is 0. The predicted octanol–water partition coefficient (Wildman–Crippen LogP) is 5.03. The molecule has 0 aromatic heterocycles. The van der Waals surface area contributed by atoms with E-state index in [1.165, 1.54) is 12.0 Å². The Labute approximate surface area is 152 Å². The highest BCUT2D eigenvalue weighted by Crippen LogP contribution is 2.60. The number of carbonyl (C=O) groups excluding carboxylic acids is 2. The summed E-state index contributed by atoms with van der Waals surface area (Å²) < 4.78 is 6.45. The van der Waals surface area contributed by atoms with Crippen molar-refractivity contribution in [3.05, 3.63) is 11.1 Å². The predicted molar refractivity (Wildman–Crippen MR) is 99.4 cm³/mol. The first kappa shape index (κ1) is 18.8. The maximum Gasteiger partial charge on any atom is 0.158 e. The summed E-state index contributed by atoms with van der Waals surface area (Å²) in [6.07, 6.45) is 7.64. The summed E-state index contributed by atoms with van der Waals surface area (Å²) in [4.78, 5) is 23.9. The normalized spacial score (nSPS) is 35.6. The minimum Gasteiger partial charge on any atom is -0.372 e. The molecule has 4 atom stereocenters. The largest absolute Gasteiger partial charge is 0.372 e. The first-order chi connectivity index (χ1) is 11.6. The summed E-state index contributed by atoms with van der Waals surface area (Å²) in [6, 6.07) is 0. The molecule has 3 aliphatic rings. The molecule has 0 heterocycles. The second-order valence-corrected chi connectivity index (χ2v) is 9.68. The van der Waals surface area contributed by atoms with E-state index in [0.717, 1.165) is 31.3 Å². The molecular weight excluding hydrogens is 312 g/mol. The molecule has 0 aliphatic heterocycles. The van der Waals surface area contributed by atoms with Crippen LogP contribution in [0.25, 0.3) is 0 Å². The zero-order valence-corrected chi connectivity index (χ0v) is 16.6. The van der Waals surface area contributed by atoms with Gasteiger partial charge in [0.05, 0.1) is 11.7 Å². The van der Waals surface area contributed by atoms with Gasteiger partial charge in [0, 0.05) is 12.8 Å². The zero-order valence-electron chi connectivity index (χ0n) is 16.6. The van der Waals surface area contributed by atoms with Gasteiger partial charge in [-0.25, -0.2) is 0 Å². The molecular formula is C22H34O3. The molecule has 3 rings (SSSR count). The molecule has 0 aromatic rings. The van der Waals surface area contributed by atoms with Gasteiger partial charge in [0.1, 0.15) is 5.78 Å². The van der Waals surface area contributed by atoms with Gasteiger partial charge >= 0.3 is 0 Å². The number of hydrogen-bond donors (Lipinski definition) is 0. The van der Waals surface area contributed by atoms with Crippen molar-refractivity contribution in [3.63, 3.8) is 0 Å². The van der Waals surface area contributed by atoms with E-state index in [0.29, 0.717) is 43.0 Å². The summed E-state index contributed by atoms with van der Waals surface area (Å²) in [5.74, 6) is 1.65. The molecule has 0 radical (unpaired) electrons. The minimum absolute atomic E-state index is 0.103. The van der Waals surface area contributed by atoms with Gasteiger partial charge in [0.25, 0.3) is 0 Å². The van der Waals surface area contributed by atoms with Gasteiger partial charge in [-0.15, -0.1) is 0 Å². The number of carbonyl (C=O) groups is 2. The van der Waals surface area contributed by atoms with Crippen molar-refractivity contribution in [1.82, 2.24) is 0 Å². The van der Waals surface area contributed by atoms with Crippen molar-refractivity contribution in [2.45, 2.75) is 97.7 Å². The molecule has 2 saturated carbocycles. The quantitative estimate of drug-likeness (QED) is 0.717. The Bertz CT molecular complexity index is 595. The van der Waals surface area contributed by atoms with E-state index in [4.69, 9.17) is 4.74 Å². The second kappa shape index (κ2) is 6.64. The molecule has 0 aromatic carbocycles. The Hall–Kier alpha value is -0.960. The number of hydrogen-bond acceptors (Lipinski definition) is 3. The lowest BCUT2D eigenvalue weighted by Gasteiger charge is -2.49. The van der Waals surface area contributed by atoms with Crippen molar-refractivity contribution < 1.29 is 14.3 Å². The summed E-state index contributed by atoms with van der Waals surface area (Å²) in [6.45, 7) is 10.5. The average molecular weight is 347 g/mol. The lowest BCUT2D eigenvalue weighted by Crippen LogP contribution is -2.45. The van der Waals surface area contributed by atoms with E-state index in [9.17, 15) is 9.59 Å². The van der Waals surface area contributed by atoms with E-state index in [1.54, 1.807) is 6.92 Å². The number of ether oxygens (including phenoxy) is 1. The third-order valence-electron chi connectivity index (χ3n) is 6.82. The van der Waals surface area contributed by atoms with Gasteiger partial charge in [-0.05, 0) is 89.0 Å². The Morgan fingerprint density at radius 1 is 1.20 bits per heavy atom. The first-order valence-electron chi connectivity index (χ1n) is 10.0. The fourth-order valence-corrected chi connectivity index (χ4v) is 5.66. The maximum atomic E-state index is 12.5. The Balaban J connectivity index is 1.85. The number of ketones is 2. The molecule has 0 spiro atoms. The molecule has 0 saturated heterocycles. The van der Waals surface area contributed by atoms with Gasteiger partial charge in [0.2, 0.25) is 0 Å². The second-order valence-electron chi connectivity index (χ2n) is 9.68. The molecule has 3 aliphatic carbocycles. The standard InChI is InChI=1S/C22H34O3/c1-14(23)6-7-17-15-12-13-22(5)18(16(15)8-10-19(17)24)9-11-20(22)25-21(2,3)4/h16,18,20H,6-13H2,1-5H3/t16-,18+,20+,22+/m0/s1. The van der Waals surface area contributed by atoms with Crippen LogP contribution in [0.1, 0.15) is 86.0 Å².